The summed E-state index contributed by atoms with van der Waals surface area (Å²) in [7, 11) is 0. The number of rotatable bonds is 3. The number of aliphatic imine (C=N–C) groups is 1. The van der Waals surface area contributed by atoms with Gasteiger partial charge in [-0.25, -0.2) is 9.98 Å². The lowest BCUT2D eigenvalue weighted by Crippen LogP contribution is -2.08. The van der Waals surface area contributed by atoms with E-state index < -0.39 is 0 Å². The van der Waals surface area contributed by atoms with Crippen LogP contribution >= 0.6 is 0 Å². The summed E-state index contributed by atoms with van der Waals surface area (Å²) in [6.07, 6.45) is 7.54. The molecule has 0 radical (unpaired) electrons. The highest BCUT2D eigenvalue weighted by Crippen LogP contribution is 2.23. The molecule has 4 heteroatoms. The van der Waals surface area contributed by atoms with Crippen LogP contribution in [0, 0.1) is 0 Å². The van der Waals surface area contributed by atoms with Gasteiger partial charge in [-0.3, -0.25) is 9.97 Å². The number of allylic oxidation sites excluding steroid dienone is 1. The van der Waals surface area contributed by atoms with Crippen LogP contribution in [0.25, 0.3) is 17.1 Å². The highest BCUT2D eigenvalue weighted by atomic mass is 14.9. The van der Waals surface area contributed by atoms with Crippen LogP contribution in [-0.2, 0) is 0 Å². The molecular formula is C20H16N4. The number of nitrogens with zero attached hydrogens (tertiary/aromatic N) is 4. The minimum absolute atomic E-state index is 0.865. The SMILES string of the molecule is C1=C(c2ccccn2)N=C(c2cccc(-c3ccccn3)n2)CC1. The van der Waals surface area contributed by atoms with Crippen LogP contribution in [0.4, 0.5) is 0 Å². The average Bonchev–Trinajstić information content (AvgIpc) is 2.70. The number of aromatic nitrogens is 3. The molecule has 0 bridgehead atoms. The van der Waals surface area contributed by atoms with Gasteiger partial charge in [0.25, 0.3) is 0 Å². The Balaban J connectivity index is 1.69. The van der Waals surface area contributed by atoms with E-state index in [1.54, 1.807) is 12.4 Å². The summed E-state index contributed by atoms with van der Waals surface area (Å²) in [5.41, 5.74) is 5.45. The Bertz CT molecular complexity index is 899. The minimum Gasteiger partial charge on any atom is -0.255 e. The molecule has 0 saturated heterocycles. The van der Waals surface area contributed by atoms with Gasteiger partial charge in [-0.05, 0) is 49.2 Å². The number of hydrogen-bond acceptors (Lipinski definition) is 4. The Morgan fingerprint density at radius 2 is 1.38 bits per heavy atom. The molecule has 0 fully saturated rings. The first kappa shape index (κ1) is 14.5. The lowest BCUT2D eigenvalue weighted by Gasteiger charge is -2.13. The van der Waals surface area contributed by atoms with E-state index in [0.29, 0.717) is 0 Å². The van der Waals surface area contributed by atoms with E-state index in [0.717, 1.165) is 47.0 Å². The zero-order valence-electron chi connectivity index (χ0n) is 13.1. The van der Waals surface area contributed by atoms with Crippen LogP contribution in [0.2, 0.25) is 0 Å². The topological polar surface area (TPSA) is 51.0 Å². The molecule has 0 amide bonds. The molecule has 0 atom stereocenters. The second-order valence-corrected chi connectivity index (χ2v) is 5.52. The van der Waals surface area contributed by atoms with E-state index in [9.17, 15) is 0 Å². The molecule has 0 unspecified atom stereocenters. The van der Waals surface area contributed by atoms with Gasteiger partial charge in [0, 0.05) is 12.4 Å². The van der Waals surface area contributed by atoms with E-state index in [1.807, 2.05) is 54.6 Å². The molecule has 0 aromatic carbocycles. The van der Waals surface area contributed by atoms with Crippen molar-refractivity contribution >= 4 is 11.4 Å². The summed E-state index contributed by atoms with van der Waals surface area (Å²) in [6, 6.07) is 17.7. The molecule has 1 aliphatic rings. The predicted molar refractivity (Wildman–Crippen MR) is 95.5 cm³/mol. The van der Waals surface area contributed by atoms with Crippen molar-refractivity contribution in [3.8, 4) is 11.4 Å². The lowest BCUT2D eigenvalue weighted by atomic mass is 10.1. The summed E-state index contributed by atoms with van der Waals surface area (Å²) in [5.74, 6) is 0. The largest absolute Gasteiger partial charge is 0.255 e. The van der Waals surface area contributed by atoms with Gasteiger partial charge >= 0.3 is 0 Å². The fourth-order valence-electron chi connectivity index (χ4n) is 2.71. The van der Waals surface area contributed by atoms with Crippen molar-refractivity contribution in [3.63, 3.8) is 0 Å². The molecule has 0 saturated carbocycles. The molecule has 4 rings (SSSR count). The molecular weight excluding hydrogens is 296 g/mol. The normalized spacial score (nSPS) is 14.0. The first-order chi connectivity index (χ1) is 11.9. The number of pyridine rings is 3. The fourth-order valence-corrected chi connectivity index (χ4v) is 2.71. The predicted octanol–water partition coefficient (Wildman–Crippen LogP) is 4.16. The first-order valence-corrected chi connectivity index (χ1v) is 7.98. The van der Waals surface area contributed by atoms with E-state index in [1.165, 1.54) is 0 Å². The molecule has 4 heterocycles. The van der Waals surface area contributed by atoms with Gasteiger partial charge in [-0.15, -0.1) is 0 Å². The molecule has 0 N–H and O–H groups in total. The monoisotopic (exact) mass is 312 g/mol. The summed E-state index contributed by atoms with van der Waals surface area (Å²) in [4.78, 5) is 18.3. The van der Waals surface area contributed by atoms with E-state index in [2.05, 4.69) is 16.0 Å². The quantitative estimate of drug-likeness (QED) is 0.729. The minimum atomic E-state index is 0.865. The Labute approximate surface area is 140 Å². The van der Waals surface area contributed by atoms with Gasteiger partial charge in [0.2, 0.25) is 0 Å². The molecule has 3 aromatic heterocycles. The molecule has 116 valence electrons. The third-order valence-corrected chi connectivity index (χ3v) is 3.87. The highest BCUT2D eigenvalue weighted by Gasteiger charge is 2.13. The second-order valence-electron chi connectivity index (χ2n) is 5.52. The van der Waals surface area contributed by atoms with Crippen molar-refractivity contribution in [1.29, 1.82) is 0 Å². The van der Waals surface area contributed by atoms with Gasteiger partial charge in [-0.1, -0.05) is 24.3 Å². The van der Waals surface area contributed by atoms with Crippen LogP contribution in [0.1, 0.15) is 24.2 Å². The molecule has 0 aliphatic carbocycles. The van der Waals surface area contributed by atoms with Crippen LogP contribution in [-0.4, -0.2) is 20.7 Å². The van der Waals surface area contributed by atoms with Crippen LogP contribution in [0.5, 0.6) is 0 Å². The van der Waals surface area contributed by atoms with E-state index >= 15 is 0 Å². The molecule has 24 heavy (non-hydrogen) atoms. The zero-order valence-corrected chi connectivity index (χ0v) is 13.1. The third-order valence-electron chi connectivity index (χ3n) is 3.87. The summed E-state index contributed by atoms with van der Waals surface area (Å²) in [5, 5.41) is 0. The average molecular weight is 312 g/mol. The zero-order chi connectivity index (χ0) is 16.2. The summed E-state index contributed by atoms with van der Waals surface area (Å²) < 4.78 is 0. The second kappa shape index (κ2) is 6.54. The van der Waals surface area contributed by atoms with Crippen molar-refractivity contribution in [2.45, 2.75) is 12.8 Å². The maximum absolute atomic E-state index is 4.79. The van der Waals surface area contributed by atoms with Crippen molar-refractivity contribution in [1.82, 2.24) is 15.0 Å². The standard InChI is InChI=1S/C20H16N4/c1-3-13-21-15(7-1)17-9-5-11-19(23-17)20-12-6-10-18(24-20)16-8-2-4-14-22-16/h1-5,7-11,13-14H,6,12H2. The van der Waals surface area contributed by atoms with Crippen molar-refractivity contribution < 1.29 is 0 Å². The van der Waals surface area contributed by atoms with Crippen LogP contribution in [0.15, 0.2) is 78.1 Å². The maximum Gasteiger partial charge on any atom is 0.0894 e. The molecule has 3 aromatic rings. The molecule has 4 nitrogen and oxygen atoms in total. The smallest absolute Gasteiger partial charge is 0.0894 e. The van der Waals surface area contributed by atoms with Gasteiger partial charge in [-0.2, -0.15) is 0 Å². The lowest BCUT2D eigenvalue weighted by molar-refractivity contribution is 1.05. The van der Waals surface area contributed by atoms with Gasteiger partial charge in [0.15, 0.2) is 0 Å². The third kappa shape index (κ3) is 2.99. The van der Waals surface area contributed by atoms with Gasteiger partial charge < -0.3 is 0 Å². The Morgan fingerprint density at radius 1 is 0.667 bits per heavy atom. The summed E-state index contributed by atoms with van der Waals surface area (Å²) in [6.45, 7) is 0. The number of hydrogen-bond donors (Lipinski definition) is 0. The first-order valence-electron chi connectivity index (χ1n) is 7.98. The van der Waals surface area contributed by atoms with Crippen LogP contribution < -0.4 is 0 Å². The Kier molecular flexibility index (Phi) is 3.94. The van der Waals surface area contributed by atoms with E-state index in [-0.39, 0.29) is 0 Å². The fraction of sp³-hybridized carbons (Fsp3) is 0.100. The maximum atomic E-state index is 4.79. The Hall–Kier alpha value is -3.14. The van der Waals surface area contributed by atoms with E-state index in [4.69, 9.17) is 9.98 Å². The van der Waals surface area contributed by atoms with Crippen molar-refractivity contribution in [2.75, 3.05) is 0 Å². The van der Waals surface area contributed by atoms with Crippen LogP contribution in [0.3, 0.4) is 0 Å². The Morgan fingerprint density at radius 3 is 2.12 bits per heavy atom. The van der Waals surface area contributed by atoms with Crippen molar-refractivity contribution in [2.24, 2.45) is 4.99 Å². The highest BCUT2D eigenvalue weighted by molar-refractivity contribution is 6.03. The molecule has 1 aliphatic heterocycles. The molecule has 0 spiro atoms. The summed E-state index contributed by atoms with van der Waals surface area (Å²) >= 11 is 0. The van der Waals surface area contributed by atoms with Gasteiger partial charge in [0.05, 0.1) is 34.2 Å². The van der Waals surface area contributed by atoms with Crippen molar-refractivity contribution in [3.05, 3.63) is 84.5 Å². The van der Waals surface area contributed by atoms with Gasteiger partial charge in [0.1, 0.15) is 0 Å².